The standard InChI is InChI=1S/C47H49N3O/c1-29-42(39-27-35(46(5,6)7)28-40(43(39)51)47(8,9)10)49-44-38(19-14-22-50(29)44)32-23-33(25-34(24-32)45(2,3)4)41-26-31(20-21-48-41)37-18-13-16-30-15-11-12-17-36(30)37/h11-28,51H,1-10H3. The SMILES string of the molecule is Cc1c(-c2cc(C(C)(C)C)cc(C(C)(C)C)c2O)nc2c(-c3cc(-c4cc(-c5cccc6ccccc56)ccn4)cc(C(C)(C)C)c3)cccn12. The van der Waals surface area contributed by atoms with E-state index in [2.05, 4.69) is 177 Å². The summed E-state index contributed by atoms with van der Waals surface area (Å²) in [4.78, 5) is 10.2. The first-order valence-electron chi connectivity index (χ1n) is 18.0. The summed E-state index contributed by atoms with van der Waals surface area (Å²) in [6.07, 6.45) is 3.99. The maximum atomic E-state index is 11.8. The Kier molecular flexibility index (Phi) is 8.21. The van der Waals surface area contributed by atoms with E-state index >= 15 is 0 Å². The second-order valence-corrected chi connectivity index (χ2v) is 17.1. The van der Waals surface area contributed by atoms with E-state index in [-0.39, 0.29) is 16.2 Å². The summed E-state index contributed by atoms with van der Waals surface area (Å²) in [6.45, 7) is 22.0. The van der Waals surface area contributed by atoms with Crippen molar-refractivity contribution in [1.82, 2.24) is 14.4 Å². The van der Waals surface area contributed by atoms with Gasteiger partial charge in [-0.3, -0.25) is 4.98 Å². The third-order valence-electron chi connectivity index (χ3n) is 10.2. The lowest BCUT2D eigenvalue weighted by molar-refractivity contribution is 0.446. The molecular weight excluding hydrogens is 623 g/mol. The van der Waals surface area contributed by atoms with Crippen molar-refractivity contribution in [2.24, 2.45) is 0 Å². The van der Waals surface area contributed by atoms with Crippen LogP contribution >= 0.6 is 0 Å². The zero-order chi connectivity index (χ0) is 36.5. The van der Waals surface area contributed by atoms with E-state index in [0.717, 1.165) is 56.1 Å². The Morgan fingerprint density at radius 2 is 1.25 bits per heavy atom. The van der Waals surface area contributed by atoms with Crippen molar-refractivity contribution >= 4 is 16.4 Å². The summed E-state index contributed by atoms with van der Waals surface area (Å²) in [5.74, 6) is 0.303. The first-order valence-corrected chi connectivity index (χ1v) is 18.0. The zero-order valence-electron chi connectivity index (χ0n) is 31.7. The van der Waals surface area contributed by atoms with Crippen LogP contribution in [-0.2, 0) is 16.2 Å². The molecule has 4 aromatic carbocycles. The predicted octanol–water partition coefficient (Wildman–Crippen LogP) is 12.5. The molecule has 0 atom stereocenters. The molecule has 3 heterocycles. The molecule has 0 amide bonds. The molecule has 0 bridgehead atoms. The summed E-state index contributed by atoms with van der Waals surface area (Å²) in [5.41, 5.74) is 12.8. The number of phenols is 1. The van der Waals surface area contributed by atoms with Gasteiger partial charge in [0.15, 0.2) is 0 Å². The molecule has 0 radical (unpaired) electrons. The topological polar surface area (TPSA) is 50.4 Å². The Hall–Kier alpha value is -5.22. The Bertz CT molecular complexity index is 2440. The number of nitrogens with zero attached hydrogens (tertiary/aromatic N) is 3. The van der Waals surface area contributed by atoms with Crippen LogP contribution in [0.5, 0.6) is 5.75 Å². The molecule has 1 N–H and O–H groups in total. The van der Waals surface area contributed by atoms with Crippen LogP contribution in [-0.4, -0.2) is 19.5 Å². The molecule has 0 aliphatic heterocycles. The maximum Gasteiger partial charge on any atom is 0.145 e. The fourth-order valence-electron chi connectivity index (χ4n) is 7.08. The fourth-order valence-corrected chi connectivity index (χ4v) is 7.08. The quantitative estimate of drug-likeness (QED) is 0.203. The van der Waals surface area contributed by atoms with Gasteiger partial charge in [0.05, 0.1) is 11.4 Å². The molecule has 0 saturated heterocycles. The number of aromatic hydroxyl groups is 1. The number of pyridine rings is 2. The minimum atomic E-state index is -0.235. The molecule has 0 aliphatic carbocycles. The van der Waals surface area contributed by atoms with Gasteiger partial charge in [0.25, 0.3) is 0 Å². The highest BCUT2D eigenvalue weighted by Gasteiger charge is 2.28. The van der Waals surface area contributed by atoms with Crippen LogP contribution in [0.25, 0.3) is 61.2 Å². The summed E-state index contributed by atoms with van der Waals surface area (Å²) < 4.78 is 2.16. The maximum absolute atomic E-state index is 11.8. The fraction of sp³-hybridized carbons (Fsp3) is 0.277. The Morgan fingerprint density at radius 1 is 0.588 bits per heavy atom. The van der Waals surface area contributed by atoms with E-state index in [9.17, 15) is 5.11 Å². The van der Waals surface area contributed by atoms with Crippen LogP contribution < -0.4 is 0 Å². The molecule has 258 valence electrons. The lowest BCUT2D eigenvalue weighted by Gasteiger charge is -2.27. The van der Waals surface area contributed by atoms with Crippen molar-refractivity contribution in [3.05, 3.63) is 132 Å². The monoisotopic (exact) mass is 671 g/mol. The summed E-state index contributed by atoms with van der Waals surface area (Å²) in [6, 6.07) is 34.7. The number of phenolic OH excluding ortho intramolecular Hbond substituents is 1. The van der Waals surface area contributed by atoms with E-state index in [0.29, 0.717) is 5.75 Å². The molecule has 0 fully saturated rings. The average molecular weight is 672 g/mol. The highest BCUT2D eigenvalue weighted by atomic mass is 16.3. The number of imidazole rings is 1. The van der Waals surface area contributed by atoms with E-state index in [4.69, 9.17) is 9.97 Å². The van der Waals surface area contributed by atoms with Crippen LogP contribution in [0, 0.1) is 6.92 Å². The van der Waals surface area contributed by atoms with Crippen LogP contribution in [0.4, 0.5) is 0 Å². The van der Waals surface area contributed by atoms with Crippen molar-refractivity contribution < 1.29 is 5.11 Å². The van der Waals surface area contributed by atoms with Gasteiger partial charge in [-0.05, 0) is 104 Å². The van der Waals surface area contributed by atoms with Gasteiger partial charge in [0.1, 0.15) is 11.4 Å². The number of aryl methyl sites for hydroxylation is 1. The number of rotatable bonds is 4. The first-order chi connectivity index (χ1) is 24.0. The third-order valence-corrected chi connectivity index (χ3v) is 10.2. The average Bonchev–Trinajstić information content (AvgIpc) is 3.42. The van der Waals surface area contributed by atoms with Gasteiger partial charge in [-0.25, -0.2) is 4.98 Å². The minimum absolute atomic E-state index is 0.0938. The van der Waals surface area contributed by atoms with Gasteiger partial charge in [-0.15, -0.1) is 0 Å². The Morgan fingerprint density at radius 3 is 1.98 bits per heavy atom. The van der Waals surface area contributed by atoms with Crippen molar-refractivity contribution in [3.63, 3.8) is 0 Å². The summed E-state index contributed by atoms with van der Waals surface area (Å²) >= 11 is 0. The van der Waals surface area contributed by atoms with Gasteiger partial charge in [0, 0.05) is 40.3 Å². The molecule has 0 unspecified atom stereocenters. The second kappa shape index (κ2) is 12.2. The van der Waals surface area contributed by atoms with E-state index in [1.54, 1.807) is 0 Å². The molecule has 3 aromatic heterocycles. The first kappa shape index (κ1) is 34.2. The normalized spacial score (nSPS) is 12.6. The van der Waals surface area contributed by atoms with E-state index < -0.39 is 0 Å². The van der Waals surface area contributed by atoms with E-state index in [1.807, 2.05) is 6.20 Å². The van der Waals surface area contributed by atoms with Crippen molar-refractivity contribution in [2.45, 2.75) is 85.5 Å². The lowest BCUT2D eigenvalue weighted by atomic mass is 9.78. The molecular formula is C47H49N3O. The molecule has 4 nitrogen and oxygen atoms in total. The van der Waals surface area contributed by atoms with Gasteiger partial charge >= 0.3 is 0 Å². The van der Waals surface area contributed by atoms with E-state index in [1.165, 1.54) is 27.5 Å². The van der Waals surface area contributed by atoms with Gasteiger partial charge in [0.2, 0.25) is 0 Å². The number of aromatic nitrogens is 3. The summed E-state index contributed by atoms with van der Waals surface area (Å²) in [5, 5.41) is 14.3. The predicted molar refractivity (Wildman–Crippen MR) is 215 cm³/mol. The smallest absolute Gasteiger partial charge is 0.145 e. The van der Waals surface area contributed by atoms with Crippen molar-refractivity contribution in [3.8, 4) is 50.5 Å². The van der Waals surface area contributed by atoms with Crippen LogP contribution in [0.3, 0.4) is 0 Å². The largest absolute Gasteiger partial charge is 0.507 e. The van der Waals surface area contributed by atoms with Crippen molar-refractivity contribution in [2.75, 3.05) is 0 Å². The number of hydrogen-bond acceptors (Lipinski definition) is 3. The number of fused-ring (bicyclic) bond motifs is 2. The molecule has 0 spiro atoms. The Labute approximate surface area is 302 Å². The highest BCUT2D eigenvalue weighted by molar-refractivity contribution is 5.97. The molecule has 7 aromatic rings. The third kappa shape index (κ3) is 6.33. The lowest BCUT2D eigenvalue weighted by Crippen LogP contribution is -2.17. The molecule has 7 rings (SSSR count). The van der Waals surface area contributed by atoms with Crippen molar-refractivity contribution in [1.29, 1.82) is 0 Å². The minimum Gasteiger partial charge on any atom is -0.507 e. The second-order valence-electron chi connectivity index (χ2n) is 17.1. The molecule has 0 aliphatic rings. The van der Waals surface area contributed by atoms with Gasteiger partial charge in [-0.1, -0.05) is 117 Å². The van der Waals surface area contributed by atoms with Gasteiger partial charge < -0.3 is 9.51 Å². The molecule has 4 heteroatoms. The van der Waals surface area contributed by atoms with Crippen LogP contribution in [0.1, 0.15) is 84.7 Å². The molecule has 51 heavy (non-hydrogen) atoms. The number of benzene rings is 4. The highest BCUT2D eigenvalue weighted by Crippen LogP contribution is 2.44. The molecule has 0 saturated carbocycles. The number of hydrogen-bond donors (Lipinski definition) is 1. The van der Waals surface area contributed by atoms with Crippen LogP contribution in [0.15, 0.2) is 109 Å². The summed E-state index contributed by atoms with van der Waals surface area (Å²) in [7, 11) is 0. The van der Waals surface area contributed by atoms with Crippen LogP contribution in [0.2, 0.25) is 0 Å². The van der Waals surface area contributed by atoms with Gasteiger partial charge in [-0.2, -0.15) is 0 Å². The Balaban J connectivity index is 1.42. The zero-order valence-corrected chi connectivity index (χ0v) is 31.7.